The lowest BCUT2D eigenvalue weighted by molar-refractivity contribution is 0.0600. The van der Waals surface area contributed by atoms with E-state index in [-0.39, 0.29) is 10.5 Å². The van der Waals surface area contributed by atoms with Crippen molar-refractivity contribution in [2.24, 2.45) is 5.92 Å². The van der Waals surface area contributed by atoms with Crippen LogP contribution in [0.1, 0.15) is 36.2 Å². The molecule has 0 amide bonds. The Morgan fingerprint density at radius 1 is 1.35 bits per heavy atom. The zero-order chi connectivity index (χ0) is 15.3. The summed E-state index contributed by atoms with van der Waals surface area (Å²) in [6.07, 6.45) is 0.759. The van der Waals surface area contributed by atoms with Gasteiger partial charge in [-0.15, -0.1) is 0 Å². The summed E-state index contributed by atoms with van der Waals surface area (Å²) < 4.78 is 31.6. The van der Waals surface area contributed by atoms with Gasteiger partial charge < -0.3 is 4.74 Å². The predicted molar refractivity (Wildman–Crippen MR) is 77.2 cm³/mol. The molecule has 1 rings (SSSR count). The number of carbonyl (C=O) groups is 1. The van der Waals surface area contributed by atoms with Gasteiger partial charge in [-0.1, -0.05) is 19.9 Å². The number of hydrogen-bond donors (Lipinski definition) is 1. The van der Waals surface area contributed by atoms with Crippen molar-refractivity contribution in [1.82, 2.24) is 4.72 Å². The van der Waals surface area contributed by atoms with Crippen molar-refractivity contribution < 1.29 is 17.9 Å². The molecule has 1 aromatic carbocycles. The molecule has 0 unspecified atom stereocenters. The van der Waals surface area contributed by atoms with E-state index in [2.05, 4.69) is 9.46 Å². The molecule has 0 radical (unpaired) electrons. The smallest absolute Gasteiger partial charge is 0.337 e. The molecule has 6 heteroatoms. The molecule has 112 valence electrons. The number of ether oxygens (including phenoxy) is 1. The first-order valence-corrected chi connectivity index (χ1v) is 7.95. The molecule has 5 nitrogen and oxygen atoms in total. The molecule has 20 heavy (non-hydrogen) atoms. The molecule has 0 heterocycles. The van der Waals surface area contributed by atoms with Gasteiger partial charge in [0, 0.05) is 6.54 Å². The molecule has 0 aliphatic rings. The minimum Gasteiger partial charge on any atom is -0.465 e. The Bertz CT molecular complexity index is 579. The SMILES string of the molecule is COC(=O)c1ccc(C)c(S(=O)(=O)NCCC(C)C)c1. The molecular formula is C14H21NO4S. The van der Waals surface area contributed by atoms with Crippen molar-refractivity contribution in [2.75, 3.05) is 13.7 Å². The first kappa shape index (κ1) is 16.7. The van der Waals surface area contributed by atoms with E-state index < -0.39 is 16.0 Å². The molecule has 1 aromatic rings. The molecule has 0 atom stereocenters. The van der Waals surface area contributed by atoms with E-state index in [9.17, 15) is 13.2 Å². The number of benzene rings is 1. The number of aryl methyl sites for hydroxylation is 1. The van der Waals surface area contributed by atoms with Crippen molar-refractivity contribution in [3.8, 4) is 0 Å². The van der Waals surface area contributed by atoms with E-state index in [0.29, 0.717) is 18.0 Å². The van der Waals surface area contributed by atoms with Crippen molar-refractivity contribution in [3.05, 3.63) is 29.3 Å². The van der Waals surface area contributed by atoms with E-state index in [1.165, 1.54) is 13.2 Å². The van der Waals surface area contributed by atoms with E-state index in [0.717, 1.165) is 6.42 Å². The minimum atomic E-state index is -3.61. The number of esters is 1. The fourth-order valence-electron chi connectivity index (χ4n) is 1.69. The van der Waals surface area contributed by atoms with Crippen LogP contribution in [-0.2, 0) is 14.8 Å². The second kappa shape index (κ2) is 6.85. The average molecular weight is 299 g/mol. The number of carbonyl (C=O) groups excluding carboxylic acids is 1. The highest BCUT2D eigenvalue weighted by Crippen LogP contribution is 2.17. The van der Waals surface area contributed by atoms with E-state index in [4.69, 9.17) is 0 Å². The first-order chi connectivity index (χ1) is 9.27. The number of methoxy groups -OCH3 is 1. The maximum absolute atomic E-state index is 12.2. The standard InChI is InChI=1S/C14H21NO4S/c1-10(2)7-8-15-20(17,18)13-9-12(14(16)19-4)6-5-11(13)3/h5-6,9-10,15H,7-8H2,1-4H3. The number of sulfonamides is 1. The fourth-order valence-corrected chi connectivity index (χ4v) is 3.01. The van der Waals surface area contributed by atoms with Crippen LogP contribution in [0, 0.1) is 12.8 Å². The van der Waals surface area contributed by atoms with Crippen LogP contribution in [0.3, 0.4) is 0 Å². The first-order valence-electron chi connectivity index (χ1n) is 6.46. The van der Waals surface area contributed by atoms with Crippen LogP contribution < -0.4 is 4.72 Å². The van der Waals surface area contributed by atoms with Gasteiger partial charge in [-0.05, 0) is 37.0 Å². The fraction of sp³-hybridized carbons (Fsp3) is 0.500. The van der Waals surface area contributed by atoms with E-state index in [1.807, 2.05) is 13.8 Å². The van der Waals surface area contributed by atoms with Crippen LogP contribution in [0.25, 0.3) is 0 Å². The minimum absolute atomic E-state index is 0.115. The monoisotopic (exact) mass is 299 g/mol. The molecule has 0 spiro atoms. The molecule has 0 fully saturated rings. The largest absolute Gasteiger partial charge is 0.465 e. The van der Waals surface area contributed by atoms with Crippen molar-refractivity contribution in [2.45, 2.75) is 32.1 Å². The molecular weight excluding hydrogens is 278 g/mol. The van der Waals surface area contributed by atoms with Crippen molar-refractivity contribution in [1.29, 1.82) is 0 Å². The zero-order valence-electron chi connectivity index (χ0n) is 12.3. The van der Waals surface area contributed by atoms with Crippen LogP contribution in [0.4, 0.5) is 0 Å². The molecule has 1 N–H and O–H groups in total. The number of nitrogens with one attached hydrogen (secondary N) is 1. The third kappa shape index (κ3) is 4.31. The molecule has 0 saturated heterocycles. The summed E-state index contributed by atoms with van der Waals surface area (Å²) >= 11 is 0. The maximum Gasteiger partial charge on any atom is 0.337 e. The summed E-state index contributed by atoms with van der Waals surface area (Å²) in [6.45, 7) is 6.12. The van der Waals surface area contributed by atoms with Gasteiger partial charge in [0.2, 0.25) is 10.0 Å². The normalized spacial score (nSPS) is 11.7. The average Bonchev–Trinajstić information content (AvgIpc) is 2.37. The Hall–Kier alpha value is -1.40. The third-order valence-electron chi connectivity index (χ3n) is 2.91. The van der Waals surface area contributed by atoms with Gasteiger partial charge in [-0.3, -0.25) is 0 Å². The van der Waals surface area contributed by atoms with Gasteiger partial charge in [0.25, 0.3) is 0 Å². The van der Waals surface area contributed by atoms with Gasteiger partial charge in [-0.25, -0.2) is 17.9 Å². The van der Waals surface area contributed by atoms with Crippen LogP contribution in [0.5, 0.6) is 0 Å². The topological polar surface area (TPSA) is 72.5 Å². The highest BCUT2D eigenvalue weighted by Gasteiger charge is 2.19. The van der Waals surface area contributed by atoms with E-state index >= 15 is 0 Å². The Morgan fingerprint density at radius 3 is 2.55 bits per heavy atom. The van der Waals surface area contributed by atoms with Crippen LogP contribution in [-0.4, -0.2) is 28.0 Å². The summed E-state index contributed by atoms with van der Waals surface area (Å²) in [6, 6.07) is 4.50. The lowest BCUT2D eigenvalue weighted by atomic mass is 10.1. The Labute approximate surface area is 120 Å². The molecule has 0 aromatic heterocycles. The summed E-state index contributed by atoms with van der Waals surface area (Å²) in [5.74, 6) is -0.135. The molecule has 0 bridgehead atoms. The highest BCUT2D eigenvalue weighted by molar-refractivity contribution is 7.89. The molecule has 0 aliphatic heterocycles. The van der Waals surface area contributed by atoms with Gasteiger partial charge in [0.05, 0.1) is 17.6 Å². The third-order valence-corrected chi connectivity index (χ3v) is 4.52. The Kier molecular flexibility index (Phi) is 5.71. The number of hydrogen-bond acceptors (Lipinski definition) is 4. The van der Waals surface area contributed by atoms with Gasteiger partial charge in [-0.2, -0.15) is 0 Å². The van der Waals surface area contributed by atoms with Gasteiger partial charge in [0.15, 0.2) is 0 Å². The zero-order valence-corrected chi connectivity index (χ0v) is 13.1. The highest BCUT2D eigenvalue weighted by atomic mass is 32.2. The Morgan fingerprint density at radius 2 is 2.00 bits per heavy atom. The maximum atomic E-state index is 12.2. The van der Waals surface area contributed by atoms with Crippen molar-refractivity contribution >= 4 is 16.0 Å². The number of rotatable bonds is 6. The summed E-state index contributed by atoms with van der Waals surface area (Å²) in [4.78, 5) is 11.6. The molecule has 0 aliphatic carbocycles. The second-order valence-corrected chi connectivity index (χ2v) is 6.79. The van der Waals surface area contributed by atoms with Crippen LogP contribution in [0.2, 0.25) is 0 Å². The van der Waals surface area contributed by atoms with Crippen molar-refractivity contribution in [3.63, 3.8) is 0 Å². The second-order valence-electron chi connectivity index (χ2n) is 5.05. The van der Waals surface area contributed by atoms with Gasteiger partial charge in [0.1, 0.15) is 0 Å². The summed E-state index contributed by atoms with van der Waals surface area (Å²) in [5.41, 5.74) is 0.817. The quantitative estimate of drug-likeness (QED) is 0.817. The molecule has 0 saturated carbocycles. The van der Waals surface area contributed by atoms with Crippen LogP contribution >= 0.6 is 0 Å². The lowest BCUT2D eigenvalue weighted by Crippen LogP contribution is -2.26. The Balaban J connectivity index is 3.01. The summed E-state index contributed by atoms with van der Waals surface area (Å²) in [7, 11) is -2.35. The van der Waals surface area contributed by atoms with Crippen LogP contribution in [0.15, 0.2) is 23.1 Å². The summed E-state index contributed by atoms with van der Waals surface area (Å²) in [5, 5.41) is 0. The van der Waals surface area contributed by atoms with E-state index in [1.54, 1.807) is 19.1 Å². The van der Waals surface area contributed by atoms with Gasteiger partial charge >= 0.3 is 5.97 Å². The predicted octanol–water partition coefficient (Wildman–Crippen LogP) is 2.11. The lowest BCUT2D eigenvalue weighted by Gasteiger charge is -2.11.